The minimum Gasteiger partial charge on any atom is -0.482 e. The highest BCUT2D eigenvalue weighted by Gasteiger charge is 2.31. The standard InChI is InChI=1S/C28H29Cl2FN2O3/c1-19(2)16-32-28(35)25(14-20-8-4-3-5-9-20)33(17-21-10-6-7-11-24(21)31)27(34)18-36-26-13-12-22(29)15-23(26)30/h3-13,15,19,25H,14,16-18H2,1-2H3,(H,32,35)/t25-/m1/s1. The lowest BCUT2D eigenvalue weighted by Gasteiger charge is -2.32. The fourth-order valence-electron chi connectivity index (χ4n) is 3.60. The van der Waals surface area contributed by atoms with Gasteiger partial charge in [0.2, 0.25) is 5.91 Å². The van der Waals surface area contributed by atoms with Crippen LogP contribution in [-0.4, -0.2) is 35.9 Å². The summed E-state index contributed by atoms with van der Waals surface area (Å²) < 4.78 is 20.3. The Bertz CT molecular complexity index is 1170. The van der Waals surface area contributed by atoms with E-state index in [-0.39, 0.29) is 35.6 Å². The van der Waals surface area contributed by atoms with Crippen LogP contribution in [0.3, 0.4) is 0 Å². The van der Waals surface area contributed by atoms with Crippen LogP contribution in [0.2, 0.25) is 10.0 Å². The third kappa shape index (κ3) is 7.97. The number of hydrogen-bond acceptors (Lipinski definition) is 3. The van der Waals surface area contributed by atoms with Crippen molar-refractivity contribution >= 4 is 35.0 Å². The second kappa shape index (κ2) is 13.3. The maximum atomic E-state index is 14.6. The Balaban J connectivity index is 1.92. The van der Waals surface area contributed by atoms with Crippen molar-refractivity contribution in [3.8, 4) is 5.75 Å². The van der Waals surface area contributed by atoms with Gasteiger partial charge in [-0.1, -0.05) is 85.6 Å². The Morgan fingerprint density at radius 2 is 1.69 bits per heavy atom. The molecule has 0 aliphatic heterocycles. The molecule has 2 amide bonds. The van der Waals surface area contributed by atoms with Gasteiger partial charge in [0.25, 0.3) is 5.91 Å². The van der Waals surface area contributed by atoms with E-state index in [0.717, 1.165) is 5.56 Å². The lowest BCUT2D eigenvalue weighted by Crippen LogP contribution is -2.52. The molecule has 0 saturated carbocycles. The van der Waals surface area contributed by atoms with Gasteiger partial charge in [0.05, 0.1) is 5.02 Å². The summed E-state index contributed by atoms with van der Waals surface area (Å²) in [6.07, 6.45) is 0.257. The van der Waals surface area contributed by atoms with E-state index in [1.807, 2.05) is 44.2 Å². The molecule has 3 rings (SSSR count). The summed E-state index contributed by atoms with van der Waals surface area (Å²) in [5.74, 6) is -0.758. The smallest absolute Gasteiger partial charge is 0.261 e. The van der Waals surface area contributed by atoms with E-state index in [4.69, 9.17) is 27.9 Å². The van der Waals surface area contributed by atoms with Crippen LogP contribution < -0.4 is 10.1 Å². The zero-order chi connectivity index (χ0) is 26.1. The van der Waals surface area contributed by atoms with Crippen LogP contribution in [0, 0.1) is 11.7 Å². The Morgan fingerprint density at radius 3 is 2.36 bits per heavy atom. The first-order valence-corrected chi connectivity index (χ1v) is 12.4. The van der Waals surface area contributed by atoms with Gasteiger partial charge in [-0.05, 0) is 35.7 Å². The molecule has 8 heteroatoms. The monoisotopic (exact) mass is 530 g/mol. The molecule has 0 fully saturated rings. The lowest BCUT2D eigenvalue weighted by atomic mass is 10.0. The van der Waals surface area contributed by atoms with Gasteiger partial charge >= 0.3 is 0 Å². The highest BCUT2D eigenvalue weighted by Crippen LogP contribution is 2.27. The second-order valence-electron chi connectivity index (χ2n) is 8.82. The van der Waals surface area contributed by atoms with Gasteiger partial charge < -0.3 is 15.0 Å². The van der Waals surface area contributed by atoms with Gasteiger partial charge in [-0.3, -0.25) is 9.59 Å². The normalized spacial score (nSPS) is 11.7. The van der Waals surface area contributed by atoms with Crippen molar-refractivity contribution in [3.63, 3.8) is 0 Å². The van der Waals surface area contributed by atoms with E-state index in [1.165, 1.54) is 17.0 Å². The molecule has 0 heterocycles. The molecule has 0 bridgehead atoms. The van der Waals surface area contributed by atoms with Crippen molar-refractivity contribution in [1.29, 1.82) is 0 Å². The number of amides is 2. The van der Waals surface area contributed by atoms with Crippen LogP contribution in [0.15, 0.2) is 72.8 Å². The molecule has 3 aromatic carbocycles. The quantitative estimate of drug-likeness (QED) is 0.334. The predicted molar refractivity (Wildman–Crippen MR) is 141 cm³/mol. The van der Waals surface area contributed by atoms with E-state index < -0.39 is 24.4 Å². The predicted octanol–water partition coefficient (Wildman–Crippen LogP) is 5.92. The number of carbonyl (C=O) groups excluding carboxylic acids is 2. The molecule has 0 aromatic heterocycles. The number of benzene rings is 3. The molecule has 0 unspecified atom stereocenters. The van der Waals surface area contributed by atoms with E-state index in [1.54, 1.807) is 30.3 Å². The van der Waals surface area contributed by atoms with Gasteiger partial charge in [-0.25, -0.2) is 4.39 Å². The highest BCUT2D eigenvalue weighted by molar-refractivity contribution is 6.35. The van der Waals surface area contributed by atoms with Crippen molar-refractivity contribution in [2.24, 2.45) is 5.92 Å². The molecule has 36 heavy (non-hydrogen) atoms. The highest BCUT2D eigenvalue weighted by atomic mass is 35.5. The fraction of sp³-hybridized carbons (Fsp3) is 0.286. The van der Waals surface area contributed by atoms with Crippen LogP contribution in [-0.2, 0) is 22.6 Å². The molecule has 0 radical (unpaired) electrons. The first-order valence-electron chi connectivity index (χ1n) is 11.7. The van der Waals surface area contributed by atoms with Crippen molar-refractivity contribution in [1.82, 2.24) is 10.2 Å². The molecule has 0 aliphatic rings. The number of nitrogens with one attached hydrogen (secondary N) is 1. The van der Waals surface area contributed by atoms with Crippen molar-refractivity contribution in [3.05, 3.63) is 99.8 Å². The number of hydrogen-bond donors (Lipinski definition) is 1. The van der Waals surface area contributed by atoms with Crippen LogP contribution >= 0.6 is 23.2 Å². The molecule has 5 nitrogen and oxygen atoms in total. The molecule has 3 aromatic rings. The Labute approximate surface area is 221 Å². The molecular weight excluding hydrogens is 502 g/mol. The SMILES string of the molecule is CC(C)CNC(=O)[C@@H](Cc1ccccc1)N(Cc1ccccc1F)C(=O)COc1ccc(Cl)cc1Cl. The molecular formula is C28H29Cl2FN2O3. The van der Waals surface area contributed by atoms with E-state index in [2.05, 4.69) is 5.32 Å². The van der Waals surface area contributed by atoms with Gasteiger partial charge in [0.1, 0.15) is 17.6 Å². The van der Waals surface area contributed by atoms with Crippen molar-refractivity contribution < 1.29 is 18.7 Å². The number of nitrogens with zero attached hydrogens (tertiary/aromatic N) is 1. The van der Waals surface area contributed by atoms with Gasteiger partial charge in [-0.2, -0.15) is 0 Å². The van der Waals surface area contributed by atoms with Crippen LogP contribution in [0.5, 0.6) is 5.75 Å². The van der Waals surface area contributed by atoms with Gasteiger partial charge in [-0.15, -0.1) is 0 Å². The first-order chi connectivity index (χ1) is 17.2. The summed E-state index contributed by atoms with van der Waals surface area (Å²) >= 11 is 12.1. The first kappa shape index (κ1) is 27.5. The molecule has 1 N–H and O–H groups in total. The third-order valence-electron chi connectivity index (χ3n) is 5.50. The number of halogens is 3. The van der Waals surface area contributed by atoms with E-state index >= 15 is 0 Å². The topological polar surface area (TPSA) is 58.6 Å². The maximum Gasteiger partial charge on any atom is 0.261 e. The lowest BCUT2D eigenvalue weighted by molar-refractivity contribution is -0.142. The Morgan fingerprint density at radius 1 is 1.00 bits per heavy atom. The summed E-state index contributed by atoms with van der Waals surface area (Å²) in [6.45, 7) is 3.92. The zero-order valence-corrected chi connectivity index (χ0v) is 21.7. The Kier molecular flexibility index (Phi) is 10.1. The molecule has 1 atom stereocenters. The number of carbonyl (C=O) groups is 2. The average Bonchev–Trinajstić information content (AvgIpc) is 2.85. The molecule has 0 aliphatic carbocycles. The minimum atomic E-state index is -0.887. The summed E-state index contributed by atoms with van der Waals surface area (Å²) in [5, 5.41) is 3.61. The van der Waals surface area contributed by atoms with Crippen LogP contribution in [0.4, 0.5) is 4.39 Å². The van der Waals surface area contributed by atoms with E-state index in [0.29, 0.717) is 17.1 Å². The summed E-state index contributed by atoms with van der Waals surface area (Å²) in [7, 11) is 0. The largest absolute Gasteiger partial charge is 0.482 e. The second-order valence-corrected chi connectivity index (χ2v) is 9.66. The van der Waals surface area contributed by atoms with Crippen molar-refractivity contribution in [2.75, 3.05) is 13.2 Å². The minimum absolute atomic E-state index is 0.101. The average molecular weight is 531 g/mol. The molecule has 0 spiro atoms. The van der Waals surface area contributed by atoms with Crippen LogP contribution in [0.1, 0.15) is 25.0 Å². The molecule has 0 saturated heterocycles. The fourth-order valence-corrected chi connectivity index (χ4v) is 4.06. The van der Waals surface area contributed by atoms with Gasteiger partial charge in [0, 0.05) is 30.1 Å². The maximum absolute atomic E-state index is 14.6. The number of rotatable bonds is 11. The summed E-state index contributed by atoms with van der Waals surface area (Å²) in [5.41, 5.74) is 1.17. The van der Waals surface area contributed by atoms with E-state index in [9.17, 15) is 14.0 Å². The summed E-state index contributed by atoms with van der Waals surface area (Å²) in [6, 6.07) is 19.4. The Hall–Kier alpha value is -3.09. The third-order valence-corrected chi connectivity index (χ3v) is 6.03. The summed E-state index contributed by atoms with van der Waals surface area (Å²) in [4.78, 5) is 28.2. The van der Waals surface area contributed by atoms with Crippen molar-refractivity contribution in [2.45, 2.75) is 32.9 Å². The van der Waals surface area contributed by atoms with Gasteiger partial charge in [0.15, 0.2) is 6.61 Å². The number of ether oxygens (including phenoxy) is 1. The van der Waals surface area contributed by atoms with Crippen LogP contribution in [0.25, 0.3) is 0 Å². The molecule has 190 valence electrons. The zero-order valence-electron chi connectivity index (χ0n) is 20.2.